The van der Waals surface area contributed by atoms with Gasteiger partial charge in [-0.3, -0.25) is 0 Å². The fraction of sp³-hybridized carbons (Fsp3) is 0.143. The topological polar surface area (TPSA) is 51.2 Å². The molecular formula is C14H11Cl3N2O2. The number of carbonyl (C=O) groups excluding carboxylic acids is 1. The molecule has 0 aliphatic heterocycles. The number of rotatable bonds is 3. The smallest absolute Gasteiger partial charge is 0.343 e. The van der Waals surface area contributed by atoms with Gasteiger partial charge in [-0.05, 0) is 30.7 Å². The monoisotopic (exact) mass is 344 g/mol. The predicted octanol–water partition coefficient (Wildman–Crippen LogP) is 4.88. The Morgan fingerprint density at radius 2 is 1.90 bits per heavy atom. The van der Waals surface area contributed by atoms with Crippen molar-refractivity contribution in [1.29, 1.82) is 0 Å². The van der Waals surface area contributed by atoms with Crippen LogP contribution in [0, 0.1) is 6.92 Å². The van der Waals surface area contributed by atoms with Gasteiger partial charge >= 0.3 is 5.97 Å². The van der Waals surface area contributed by atoms with E-state index in [2.05, 4.69) is 10.3 Å². The molecule has 1 N–H and O–H groups in total. The van der Waals surface area contributed by atoms with Crippen LogP contribution in [0.3, 0.4) is 0 Å². The second-order valence-electron chi connectivity index (χ2n) is 4.23. The van der Waals surface area contributed by atoms with Gasteiger partial charge in [0.1, 0.15) is 15.9 Å². The number of benzene rings is 1. The van der Waals surface area contributed by atoms with Crippen LogP contribution in [0.25, 0.3) is 0 Å². The molecule has 1 aromatic carbocycles. The highest BCUT2D eigenvalue weighted by Crippen LogP contribution is 2.31. The third-order valence-electron chi connectivity index (χ3n) is 2.80. The van der Waals surface area contributed by atoms with E-state index >= 15 is 0 Å². The van der Waals surface area contributed by atoms with Gasteiger partial charge in [0, 0.05) is 10.7 Å². The Bertz CT molecular complexity index is 705. The van der Waals surface area contributed by atoms with Crippen molar-refractivity contribution in [3.8, 4) is 0 Å². The van der Waals surface area contributed by atoms with E-state index in [-0.39, 0.29) is 15.9 Å². The van der Waals surface area contributed by atoms with Gasteiger partial charge in [-0.15, -0.1) is 0 Å². The van der Waals surface area contributed by atoms with Crippen LogP contribution in [0.4, 0.5) is 11.4 Å². The first-order valence-electron chi connectivity index (χ1n) is 5.90. The van der Waals surface area contributed by atoms with Gasteiger partial charge in [0.25, 0.3) is 0 Å². The molecule has 0 saturated carbocycles. The molecule has 4 nitrogen and oxygen atoms in total. The van der Waals surface area contributed by atoms with Crippen molar-refractivity contribution in [2.45, 2.75) is 6.92 Å². The van der Waals surface area contributed by atoms with E-state index in [1.54, 1.807) is 12.1 Å². The summed E-state index contributed by atoms with van der Waals surface area (Å²) >= 11 is 17.9. The van der Waals surface area contributed by atoms with Crippen molar-refractivity contribution in [2.75, 3.05) is 12.4 Å². The number of hydrogen-bond donors (Lipinski definition) is 1. The number of aromatic nitrogens is 1. The van der Waals surface area contributed by atoms with Crippen molar-refractivity contribution in [2.24, 2.45) is 0 Å². The third-order valence-corrected chi connectivity index (χ3v) is 3.50. The SMILES string of the molecule is COC(=O)c1c(Nc2cc(Cl)ccc2C)cc(Cl)nc1Cl. The normalized spacial score (nSPS) is 10.3. The van der Waals surface area contributed by atoms with Gasteiger partial charge in [0.15, 0.2) is 0 Å². The molecule has 110 valence electrons. The van der Waals surface area contributed by atoms with E-state index in [4.69, 9.17) is 39.5 Å². The maximum absolute atomic E-state index is 11.9. The summed E-state index contributed by atoms with van der Waals surface area (Å²) in [4.78, 5) is 15.7. The molecule has 0 fully saturated rings. The number of ether oxygens (including phenoxy) is 1. The molecule has 0 amide bonds. The zero-order chi connectivity index (χ0) is 15.6. The summed E-state index contributed by atoms with van der Waals surface area (Å²) in [5.41, 5.74) is 2.19. The Morgan fingerprint density at radius 1 is 1.19 bits per heavy atom. The van der Waals surface area contributed by atoms with Crippen molar-refractivity contribution < 1.29 is 9.53 Å². The van der Waals surface area contributed by atoms with Crippen LogP contribution < -0.4 is 5.32 Å². The molecule has 0 atom stereocenters. The highest BCUT2D eigenvalue weighted by molar-refractivity contribution is 6.35. The molecular weight excluding hydrogens is 335 g/mol. The molecule has 2 aromatic rings. The first-order valence-corrected chi connectivity index (χ1v) is 7.03. The lowest BCUT2D eigenvalue weighted by Crippen LogP contribution is -2.08. The van der Waals surface area contributed by atoms with E-state index in [0.717, 1.165) is 11.3 Å². The second kappa shape index (κ2) is 6.52. The number of esters is 1. The number of aryl methyl sites for hydroxylation is 1. The minimum atomic E-state index is -0.605. The quantitative estimate of drug-likeness (QED) is 0.636. The minimum absolute atomic E-state index is 0.0310. The predicted molar refractivity (Wildman–Crippen MR) is 85.1 cm³/mol. The maximum atomic E-state index is 11.9. The molecule has 1 aromatic heterocycles. The molecule has 1 heterocycles. The molecule has 0 aliphatic carbocycles. The van der Waals surface area contributed by atoms with Crippen LogP contribution in [0.5, 0.6) is 0 Å². The molecule has 0 bridgehead atoms. The average molecular weight is 346 g/mol. The first kappa shape index (κ1) is 15.9. The molecule has 7 heteroatoms. The van der Waals surface area contributed by atoms with E-state index in [1.165, 1.54) is 13.2 Å². The summed E-state index contributed by atoms with van der Waals surface area (Å²) in [7, 11) is 1.27. The van der Waals surface area contributed by atoms with Gasteiger partial charge in [-0.1, -0.05) is 40.9 Å². The highest BCUT2D eigenvalue weighted by atomic mass is 35.5. The number of carbonyl (C=O) groups is 1. The largest absolute Gasteiger partial charge is 0.465 e. The van der Waals surface area contributed by atoms with Crippen LogP contribution >= 0.6 is 34.8 Å². The summed E-state index contributed by atoms with van der Waals surface area (Å²) in [6, 6.07) is 6.86. The van der Waals surface area contributed by atoms with E-state index in [1.807, 2.05) is 13.0 Å². The Balaban J connectivity index is 2.52. The fourth-order valence-electron chi connectivity index (χ4n) is 1.75. The van der Waals surface area contributed by atoms with E-state index in [0.29, 0.717) is 10.7 Å². The Hall–Kier alpha value is -1.49. The summed E-state index contributed by atoms with van der Waals surface area (Å²) in [5, 5.41) is 3.78. The summed E-state index contributed by atoms with van der Waals surface area (Å²) in [6.45, 7) is 1.90. The molecule has 21 heavy (non-hydrogen) atoms. The standard InChI is InChI=1S/C14H11Cl3N2O2/c1-7-3-4-8(15)5-9(7)18-10-6-11(16)19-13(17)12(10)14(20)21-2/h3-6H,1-2H3,(H,18,19). The molecule has 0 aliphatic rings. The number of methoxy groups -OCH3 is 1. The van der Waals surface area contributed by atoms with Crippen LogP contribution in [-0.4, -0.2) is 18.1 Å². The number of hydrogen-bond acceptors (Lipinski definition) is 4. The molecule has 0 unspecified atom stereocenters. The summed E-state index contributed by atoms with van der Waals surface area (Å²) in [5.74, 6) is -0.605. The van der Waals surface area contributed by atoms with Crippen molar-refractivity contribution >= 4 is 52.1 Å². The minimum Gasteiger partial charge on any atom is -0.465 e. The van der Waals surface area contributed by atoms with Crippen LogP contribution in [0.15, 0.2) is 24.3 Å². The van der Waals surface area contributed by atoms with Gasteiger partial charge in [-0.2, -0.15) is 0 Å². The van der Waals surface area contributed by atoms with Gasteiger partial charge in [0.2, 0.25) is 0 Å². The number of anilines is 2. The maximum Gasteiger partial charge on any atom is 0.343 e. The average Bonchev–Trinajstić information content (AvgIpc) is 2.41. The van der Waals surface area contributed by atoms with Crippen molar-refractivity contribution in [1.82, 2.24) is 4.98 Å². The number of nitrogens with zero attached hydrogens (tertiary/aromatic N) is 1. The van der Waals surface area contributed by atoms with E-state index in [9.17, 15) is 4.79 Å². The number of nitrogens with one attached hydrogen (secondary N) is 1. The third kappa shape index (κ3) is 3.59. The second-order valence-corrected chi connectivity index (χ2v) is 5.42. The zero-order valence-corrected chi connectivity index (χ0v) is 13.5. The van der Waals surface area contributed by atoms with Gasteiger partial charge in [-0.25, -0.2) is 9.78 Å². The lowest BCUT2D eigenvalue weighted by atomic mass is 10.1. The molecule has 2 rings (SSSR count). The number of halogens is 3. The highest BCUT2D eigenvalue weighted by Gasteiger charge is 2.19. The lowest BCUT2D eigenvalue weighted by molar-refractivity contribution is 0.0601. The van der Waals surface area contributed by atoms with Gasteiger partial charge in [0.05, 0.1) is 12.8 Å². The number of pyridine rings is 1. The zero-order valence-electron chi connectivity index (χ0n) is 11.2. The van der Waals surface area contributed by atoms with Gasteiger partial charge < -0.3 is 10.1 Å². The summed E-state index contributed by atoms with van der Waals surface area (Å²) < 4.78 is 4.72. The van der Waals surface area contributed by atoms with Crippen molar-refractivity contribution in [3.63, 3.8) is 0 Å². The molecule has 0 radical (unpaired) electrons. The Morgan fingerprint density at radius 3 is 2.57 bits per heavy atom. The molecule has 0 spiro atoms. The molecule has 0 saturated heterocycles. The van der Waals surface area contributed by atoms with Crippen LogP contribution in [-0.2, 0) is 4.74 Å². The fourth-order valence-corrected chi connectivity index (χ4v) is 2.43. The summed E-state index contributed by atoms with van der Waals surface area (Å²) in [6.07, 6.45) is 0. The van der Waals surface area contributed by atoms with Crippen LogP contribution in [0.2, 0.25) is 15.3 Å². The van der Waals surface area contributed by atoms with Crippen LogP contribution in [0.1, 0.15) is 15.9 Å². The van der Waals surface area contributed by atoms with E-state index < -0.39 is 5.97 Å². The Labute approximate surface area is 137 Å². The van der Waals surface area contributed by atoms with Crippen molar-refractivity contribution in [3.05, 3.63) is 50.7 Å². The first-order chi connectivity index (χ1) is 9.92. The Kier molecular flexibility index (Phi) is 4.93. The lowest BCUT2D eigenvalue weighted by Gasteiger charge is -2.14.